The molecule has 0 fully saturated rings. The fraction of sp³-hybridized carbons (Fsp3) is 0.300. The number of benzene rings is 1. The molecule has 3 nitrogen and oxygen atoms in total. The Balaban J connectivity index is 0.00000169. The van der Waals surface area contributed by atoms with E-state index in [1.54, 1.807) is 19.0 Å². The number of nitrogens with zero attached hydrogens (tertiary/aromatic N) is 1. The standard InChI is InChI=1S/C10H13NO2.ClH/c1-11(2)9(10(12)13)8-6-4-3-5-7-8;/h3-7,9H,1-2H3,(H,12,13);1H. The highest BCUT2D eigenvalue weighted by molar-refractivity contribution is 5.85. The van der Waals surface area contributed by atoms with Crippen LogP contribution in [0.4, 0.5) is 0 Å². The number of likely N-dealkylation sites (N-methyl/N-ethyl adjacent to an activating group) is 1. The second-order valence-electron chi connectivity index (χ2n) is 3.12. The first-order valence-electron chi connectivity index (χ1n) is 4.07. The third-order valence-electron chi connectivity index (χ3n) is 1.87. The Hall–Kier alpha value is -1.06. The van der Waals surface area contributed by atoms with Gasteiger partial charge in [-0.15, -0.1) is 12.4 Å². The Labute approximate surface area is 89.8 Å². The van der Waals surface area contributed by atoms with E-state index in [9.17, 15) is 4.79 Å². The molecule has 1 rings (SSSR count). The smallest absolute Gasteiger partial charge is 0.325 e. The summed E-state index contributed by atoms with van der Waals surface area (Å²) in [5, 5.41) is 8.96. The lowest BCUT2D eigenvalue weighted by molar-refractivity contribution is -0.142. The molecule has 0 aliphatic rings. The van der Waals surface area contributed by atoms with E-state index in [1.165, 1.54) is 0 Å². The lowest BCUT2D eigenvalue weighted by Gasteiger charge is -2.19. The maximum Gasteiger partial charge on any atom is 0.325 e. The molecule has 0 bridgehead atoms. The van der Waals surface area contributed by atoms with Crippen LogP contribution >= 0.6 is 12.4 Å². The van der Waals surface area contributed by atoms with Crippen molar-refractivity contribution in [2.24, 2.45) is 0 Å². The van der Waals surface area contributed by atoms with Crippen LogP contribution in [0, 0.1) is 0 Å². The van der Waals surface area contributed by atoms with Crippen LogP contribution in [0.1, 0.15) is 11.6 Å². The summed E-state index contributed by atoms with van der Waals surface area (Å²) in [6.45, 7) is 0. The van der Waals surface area contributed by atoms with E-state index < -0.39 is 12.0 Å². The predicted molar refractivity (Wildman–Crippen MR) is 57.8 cm³/mol. The monoisotopic (exact) mass is 215 g/mol. The van der Waals surface area contributed by atoms with Crippen LogP contribution in [0.3, 0.4) is 0 Å². The summed E-state index contributed by atoms with van der Waals surface area (Å²) in [7, 11) is 3.51. The highest BCUT2D eigenvalue weighted by atomic mass is 35.5. The quantitative estimate of drug-likeness (QED) is 0.836. The van der Waals surface area contributed by atoms with Crippen molar-refractivity contribution in [3.8, 4) is 0 Å². The first-order valence-corrected chi connectivity index (χ1v) is 4.07. The number of aliphatic carboxylic acids is 1. The highest BCUT2D eigenvalue weighted by Gasteiger charge is 2.21. The second-order valence-corrected chi connectivity index (χ2v) is 3.12. The minimum absolute atomic E-state index is 0. The number of carboxylic acid groups (broad SMARTS) is 1. The highest BCUT2D eigenvalue weighted by Crippen LogP contribution is 2.17. The summed E-state index contributed by atoms with van der Waals surface area (Å²) in [6.07, 6.45) is 0. The number of hydrogen-bond donors (Lipinski definition) is 1. The van der Waals surface area contributed by atoms with E-state index in [1.807, 2.05) is 30.3 Å². The Kier molecular flexibility index (Phi) is 5.20. The van der Waals surface area contributed by atoms with Gasteiger partial charge in [-0.1, -0.05) is 30.3 Å². The van der Waals surface area contributed by atoms with Crippen LogP contribution in [-0.4, -0.2) is 30.1 Å². The van der Waals surface area contributed by atoms with Gasteiger partial charge in [-0.05, 0) is 19.7 Å². The topological polar surface area (TPSA) is 40.5 Å². The van der Waals surface area contributed by atoms with Gasteiger partial charge in [0.25, 0.3) is 0 Å². The largest absolute Gasteiger partial charge is 0.480 e. The van der Waals surface area contributed by atoms with Crippen molar-refractivity contribution in [3.05, 3.63) is 35.9 Å². The van der Waals surface area contributed by atoms with Crippen LogP contribution in [0.2, 0.25) is 0 Å². The fourth-order valence-corrected chi connectivity index (χ4v) is 1.30. The van der Waals surface area contributed by atoms with Gasteiger partial charge in [0.2, 0.25) is 0 Å². The van der Waals surface area contributed by atoms with Crippen molar-refractivity contribution in [3.63, 3.8) is 0 Å². The zero-order valence-electron chi connectivity index (χ0n) is 8.18. The van der Waals surface area contributed by atoms with Crippen molar-refractivity contribution < 1.29 is 9.90 Å². The van der Waals surface area contributed by atoms with E-state index in [2.05, 4.69) is 0 Å². The number of halogens is 1. The summed E-state index contributed by atoms with van der Waals surface area (Å²) >= 11 is 0. The molecule has 0 aromatic heterocycles. The van der Waals surface area contributed by atoms with E-state index in [0.29, 0.717) is 0 Å². The van der Waals surface area contributed by atoms with Crippen LogP contribution in [0.25, 0.3) is 0 Å². The molecule has 4 heteroatoms. The lowest BCUT2D eigenvalue weighted by Crippen LogP contribution is -2.27. The summed E-state index contributed by atoms with van der Waals surface area (Å²) in [6, 6.07) is 8.64. The van der Waals surface area contributed by atoms with Gasteiger partial charge in [0.1, 0.15) is 6.04 Å². The van der Waals surface area contributed by atoms with Crippen LogP contribution in [0.15, 0.2) is 30.3 Å². The number of carbonyl (C=O) groups is 1. The zero-order chi connectivity index (χ0) is 9.84. The molecule has 0 heterocycles. The van der Waals surface area contributed by atoms with E-state index in [-0.39, 0.29) is 12.4 Å². The fourth-order valence-electron chi connectivity index (χ4n) is 1.30. The number of carboxylic acids is 1. The maximum atomic E-state index is 10.9. The van der Waals surface area contributed by atoms with Gasteiger partial charge >= 0.3 is 5.97 Å². The predicted octanol–water partition coefficient (Wildman–Crippen LogP) is 1.80. The molecule has 14 heavy (non-hydrogen) atoms. The summed E-state index contributed by atoms with van der Waals surface area (Å²) in [4.78, 5) is 12.6. The third kappa shape index (κ3) is 3.01. The number of rotatable bonds is 3. The molecule has 0 aliphatic heterocycles. The van der Waals surface area contributed by atoms with Crippen molar-refractivity contribution in [1.29, 1.82) is 0 Å². The molecule has 1 atom stereocenters. The molecule has 1 aromatic carbocycles. The van der Waals surface area contributed by atoms with Gasteiger partial charge in [0.05, 0.1) is 0 Å². The van der Waals surface area contributed by atoms with Gasteiger partial charge in [0, 0.05) is 0 Å². The maximum absolute atomic E-state index is 10.9. The molecule has 1 unspecified atom stereocenters. The minimum atomic E-state index is -0.823. The summed E-state index contributed by atoms with van der Waals surface area (Å²) in [5.74, 6) is -0.823. The Bertz CT molecular complexity index is 287. The van der Waals surface area contributed by atoms with Gasteiger partial charge < -0.3 is 5.11 Å². The Morgan fingerprint density at radius 1 is 1.29 bits per heavy atom. The summed E-state index contributed by atoms with van der Waals surface area (Å²) in [5.41, 5.74) is 0.806. The first kappa shape index (κ1) is 12.9. The molecule has 0 spiro atoms. The average Bonchev–Trinajstić information content (AvgIpc) is 2.04. The molecule has 0 saturated heterocycles. The Morgan fingerprint density at radius 2 is 1.79 bits per heavy atom. The van der Waals surface area contributed by atoms with Crippen molar-refractivity contribution in [1.82, 2.24) is 4.90 Å². The molecular formula is C10H14ClNO2. The Morgan fingerprint density at radius 3 is 2.14 bits per heavy atom. The molecule has 78 valence electrons. The van der Waals surface area contributed by atoms with E-state index in [4.69, 9.17) is 5.11 Å². The lowest BCUT2D eigenvalue weighted by atomic mass is 10.1. The van der Waals surface area contributed by atoms with Gasteiger partial charge in [-0.25, -0.2) is 0 Å². The van der Waals surface area contributed by atoms with Gasteiger partial charge in [-0.3, -0.25) is 9.69 Å². The van der Waals surface area contributed by atoms with Crippen molar-refractivity contribution in [2.45, 2.75) is 6.04 Å². The van der Waals surface area contributed by atoms with Crippen LogP contribution in [0.5, 0.6) is 0 Å². The molecule has 1 N–H and O–H groups in total. The molecule has 0 aliphatic carbocycles. The molecule has 1 aromatic rings. The zero-order valence-corrected chi connectivity index (χ0v) is 8.99. The third-order valence-corrected chi connectivity index (χ3v) is 1.87. The van der Waals surface area contributed by atoms with Crippen LogP contribution < -0.4 is 0 Å². The molecule has 0 saturated carbocycles. The van der Waals surface area contributed by atoms with E-state index in [0.717, 1.165) is 5.56 Å². The first-order chi connectivity index (χ1) is 6.13. The number of hydrogen-bond acceptors (Lipinski definition) is 2. The summed E-state index contributed by atoms with van der Waals surface area (Å²) < 4.78 is 0. The molecule has 0 amide bonds. The van der Waals surface area contributed by atoms with Crippen molar-refractivity contribution in [2.75, 3.05) is 14.1 Å². The normalized spacial score (nSPS) is 11.9. The second kappa shape index (κ2) is 5.62. The van der Waals surface area contributed by atoms with Gasteiger partial charge in [0.15, 0.2) is 0 Å². The van der Waals surface area contributed by atoms with Crippen LogP contribution in [-0.2, 0) is 4.79 Å². The minimum Gasteiger partial charge on any atom is -0.480 e. The molecular weight excluding hydrogens is 202 g/mol. The van der Waals surface area contributed by atoms with Gasteiger partial charge in [-0.2, -0.15) is 0 Å². The molecule has 0 radical (unpaired) electrons. The average molecular weight is 216 g/mol. The van der Waals surface area contributed by atoms with Crippen molar-refractivity contribution >= 4 is 18.4 Å². The SMILES string of the molecule is CN(C)C(C(=O)O)c1ccccc1.Cl. The van der Waals surface area contributed by atoms with E-state index >= 15 is 0 Å².